The molecule has 2 rings (SSSR count). The summed E-state index contributed by atoms with van der Waals surface area (Å²) >= 11 is 0. The zero-order valence-corrected chi connectivity index (χ0v) is 10.1. The number of hydrogen-bond donors (Lipinski definition) is 1. The highest BCUT2D eigenvalue weighted by molar-refractivity contribution is 5.40. The quantitative estimate of drug-likeness (QED) is 0.827. The highest BCUT2D eigenvalue weighted by Crippen LogP contribution is 2.21. The van der Waals surface area contributed by atoms with E-state index in [0.29, 0.717) is 24.7 Å². The Bertz CT molecular complexity index is 459. The molecule has 1 atom stereocenters. The number of benzene rings is 1. The van der Waals surface area contributed by atoms with Crippen LogP contribution in [0.25, 0.3) is 0 Å². The van der Waals surface area contributed by atoms with Crippen LogP contribution in [0.15, 0.2) is 18.2 Å². The Morgan fingerprint density at radius 1 is 1.50 bits per heavy atom. The van der Waals surface area contributed by atoms with Crippen molar-refractivity contribution >= 4 is 0 Å². The molecule has 1 fully saturated rings. The molecule has 1 aliphatic heterocycles. The number of halogens is 1. The van der Waals surface area contributed by atoms with E-state index in [1.54, 1.807) is 12.1 Å². The van der Waals surface area contributed by atoms with Crippen molar-refractivity contribution in [1.82, 2.24) is 0 Å². The first-order valence-corrected chi connectivity index (χ1v) is 5.98. The Morgan fingerprint density at radius 2 is 2.39 bits per heavy atom. The van der Waals surface area contributed by atoms with Gasteiger partial charge >= 0.3 is 0 Å². The van der Waals surface area contributed by atoms with Gasteiger partial charge in [-0.2, -0.15) is 0 Å². The lowest BCUT2D eigenvalue weighted by Crippen LogP contribution is -2.12. The lowest BCUT2D eigenvalue weighted by molar-refractivity contribution is 0.165. The first-order chi connectivity index (χ1) is 8.79. The first-order valence-electron chi connectivity index (χ1n) is 5.98. The minimum Gasteiger partial charge on any atom is -0.490 e. The fourth-order valence-electron chi connectivity index (χ4n) is 1.77. The van der Waals surface area contributed by atoms with Crippen LogP contribution in [0.1, 0.15) is 12.0 Å². The van der Waals surface area contributed by atoms with Crippen molar-refractivity contribution in [2.45, 2.75) is 6.42 Å². The van der Waals surface area contributed by atoms with Crippen LogP contribution in [0, 0.1) is 23.6 Å². The van der Waals surface area contributed by atoms with Gasteiger partial charge in [0.15, 0.2) is 11.6 Å². The largest absolute Gasteiger partial charge is 0.490 e. The molecule has 1 saturated heterocycles. The second kappa shape index (κ2) is 6.39. The monoisotopic (exact) mass is 249 g/mol. The molecule has 1 unspecified atom stereocenters. The van der Waals surface area contributed by atoms with Gasteiger partial charge in [-0.15, -0.1) is 0 Å². The second-order valence-electron chi connectivity index (χ2n) is 4.19. The third-order valence-electron chi connectivity index (χ3n) is 2.76. The number of hydrogen-bond acceptors (Lipinski definition) is 3. The van der Waals surface area contributed by atoms with E-state index in [2.05, 4.69) is 11.8 Å². The summed E-state index contributed by atoms with van der Waals surface area (Å²) in [4.78, 5) is 0. The third kappa shape index (κ3) is 3.46. The summed E-state index contributed by atoms with van der Waals surface area (Å²) in [6.45, 7) is 2.21. The number of ether oxygens (including phenoxy) is 2. The highest BCUT2D eigenvalue weighted by atomic mass is 19.1. The number of rotatable bonds is 3. The Balaban J connectivity index is 2.01. The van der Waals surface area contributed by atoms with E-state index in [9.17, 15) is 4.39 Å². The van der Waals surface area contributed by atoms with Gasteiger partial charge in [0.2, 0.25) is 0 Å². The van der Waals surface area contributed by atoms with Crippen molar-refractivity contribution in [3.8, 4) is 17.6 Å². The maximum Gasteiger partial charge on any atom is 0.165 e. The van der Waals surface area contributed by atoms with E-state index in [4.69, 9.17) is 15.2 Å². The SMILES string of the molecule is NCC#Cc1ccc(F)c(OCC2CCOC2)c1. The van der Waals surface area contributed by atoms with Crippen LogP contribution in [0.2, 0.25) is 0 Å². The fourth-order valence-corrected chi connectivity index (χ4v) is 1.77. The van der Waals surface area contributed by atoms with Crippen LogP contribution >= 0.6 is 0 Å². The number of nitrogens with two attached hydrogens (primary N) is 1. The molecule has 3 nitrogen and oxygen atoms in total. The summed E-state index contributed by atoms with van der Waals surface area (Å²) in [5.74, 6) is 5.81. The van der Waals surface area contributed by atoms with Crippen LogP contribution in [0.5, 0.6) is 5.75 Å². The summed E-state index contributed by atoms with van der Waals surface area (Å²) in [5, 5.41) is 0. The van der Waals surface area contributed by atoms with Crippen LogP contribution in [0.3, 0.4) is 0 Å². The van der Waals surface area contributed by atoms with Crippen LogP contribution in [-0.2, 0) is 4.74 Å². The van der Waals surface area contributed by atoms with Gasteiger partial charge in [-0.3, -0.25) is 0 Å². The summed E-state index contributed by atoms with van der Waals surface area (Å²) in [6.07, 6.45) is 0.967. The zero-order chi connectivity index (χ0) is 12.8. The maximum absolute atomic E-state index is 13.5. The van der Waals surface area contributed by atoms with Gasteiger partial charge in [0.25, 0.3) is 0 Å². The van der Waals surface area contributed by atoms with Gasteiger partial charge in [0, 0.05) is 18.1 Å². The minimum absolute atomic E-state index is 0.241. The van der Waals surface area contributed by atoms with Crippen molar-refractivity contribution in [2.24, 2.45) is 11.7 Å². The molecule has 18 heavy (non-hydrogen) atoms. The molecule has 1 aliphatic rings. The Labute approximate surface area is 106 Å². The minimum atomic E-state index is -0.368. The van der Waals surface area contributed by atoms with E-state index in [-0.39, 0.29) is 18.1 Å². The maximum atomic E-state index is 13.5. The van der Waals surface area contributed by atoms with E-state index in [1.165, 1.54) is 6.07 Å². The van der Waals surface area contributed by atoms with Crippen LogP contribution in [-0.4, -0.2) is 26.4 Å². The van der Waals surface area contributed by atoms with Crippen molar-refractivity contribution in [3.05, 3.63) is 29.6 Å². The Kier molecular flexibility index (Phi) is 4.57. The molecule has 1 aromatic carbocycles. The van der Waals surface area contributed by atoms with Gasteiger partial charge in [0.05, 0.1) is 19.8 Å². The van der Waals surface area contributed by atoms with Crippen molar-refractivity contribution < 1.29 is 13.9 Å². The lowest BCUT2D eigenvalue weighted by atomic mass is 10.1. The average Bonchev–Trinajstić information content (AvgIpc) is 2.89. The third-order valence-corrected chi connectivity index (χ3v) is 2.76. The first kappa shape index (κ1) is 12.9. The summed E-state index contributed by atoms with van der Waals surface area (Å²) < 4.78 is 24.3. The van der Waals surface area contributed by atoms with Gasteiger partial charge in [-0.05, 0) is 24.6 Å². The molecule has 2 N–H and O–H groups in total. The van der Waals surface area contributed by atoms with E-state index >= 15 is 0 Å². The summed E-state index contributed by atoms with van der Waals surface area (Å²) in [5.41, 5.74) is 6.00. The molecule has 1 heterocycles. The average molecular weight is 249 g/mol. The topological polar surface area (TPSA) is 44.5 Å². The van der Waals surface area contributed by atoms with Crippen molar-refractivity contribution in [2.75, 3.05) is 26.4 Å². The van der Waals surface area contributed by atoms with Gasteiger partial charge in [0.1, 0.15) is 0 Å². The van der Waals surface area contributed by atoms with Gasteiger partial charge < -0.3 is 15.2 Å². The Hall–Kier alpha value is -1.57. The predicted octanol–water partition coefficient (Wildman–Crippen LogP) is 1.55. The molecule has 0 aromatic heterocycles. The van der Waals surface area contributed by atoms with Gasteiger partial charge in [-0.25, -0.2) is 4.39 Å². The molecule has 1 aromatic rings. The van der Waals surface area contributed by atoms with E-state index in [1.807, 2.05) is 0 Å². The van der Waals surface area contributed by atoms with Crippen molar-refractivity contribution in [1.29, 1.82) is 0 Å². The molecule has 0 radical (unpaired) electrons. The summed E-state index contributed by atoms with van der Waals surface area (Å²) in [6, 6.07) is 4.58. The van der Waals surface area contributed by atoms with Gasteiger partial charge in [-0.1, -0.05) is 11.8 Å². The standard InChI is InChI=1S/C14H16FNO2/c15-13-4-3-11(2-1-6-16)8-14(13)18-10-12-5-7-17-9-12/h3-4,8,12H,5-7,9-10,16H2. The molecule has 0 bridgehead atoms. The molecule has 0 aliphatic carbocycles. The molecule has 0 spiro atoms. The Morgan fingerprint density at radius 3 is 3.11 bits per heavy atom. The van der Waals surface area contributed by atoms with Crippen molar-refractivity contribution in [3.63, 3.8) is 0 Å². The summed E-state index contributed by atoms with van der Waals surface area (Å²) in [7, 11) is 0. The van der Waals surface area contributed by atoms with Crippen LogP contribution in [0.4, 0.5) is 4.39 Å². The molecule has 4 heteroatoms. The van der Waals surface area contributed by atoms with E-state index < -0.39 is 0 Å². The zero-order valence-electron chi connectivity index (χ0n) is 10.1. The van der Waals surface area contributed by atoms with E-state index in [0.717, 1.165) is 13.0 Å². The fraction of sp³-hybridized carbons (Fsp3) is 0.429. The molecular formula is C14H16FNO2. The smallest absolute Gasteiger partial charge is 0.165 e. The van der Waals surface area contributed by atoms with Crippen LogP contribution < -0.4 is 10.5 Å². The molecular weight excluding hydrogens is 233 g/mol. The molecule has 0 saturated carbocycles. The predicted molar refractivity (Wildman–Crippen MR) is 66.8 cm³/mol. The lowest BCUT2D eigenvalue weighted by Gasteiger charge is -2.11. The second-order valence-corrected chi connectivity index (χ2v) is 4.19. The molecule has 0 amide bonds. The normalized spacial score (nSPS) is 18.2. The highest BCUT2D eigenvalue weighted by Gasteiger charge is 2.17. The molecule has 96 valence electrons.